The molecule has 1 aromatic heterocycles. The maximum atomic E-state index is 13.4. The Hall–Kier alpha value is -4.49. The topological polar surface area (TPSA) is 150 Å². The second kappa shape index (κ2) is 11.3. The van der Waals surface area contributed by atoms with E-state index >= 15 is 0 Å². The van der Waals surface area contributed by atoms with Crippen LogP contribution in [0.5, 0.6) is 17.4 Å². The number of alkyl halides is 3. The van der Waals surface area contributed by atoms with Crippen LogP contribution in [0.1, 0.15) is 35.9 Å². The number of carbonyl (C=O) groups excluding carboxylic acids is 2. The number of benzene rings is 1. The summed E-state index contributed by atoms with van der Waals surface area (Å²) in [4.78, 5) is 29.3. The maximum Gasteiger partial charge on any atom is 0.420 e. The third-order valence-corrected chi connectivity index (χ3v) is 5.55. The lowest BCUT2D eigenvalue weighted by Gasteiger charge is -2.20. The van der Waals surface area contributed by atoms with Gasteiger partial charge in [0.05, 0.1) is 38.2 Å². The van der Waals surface area contributed by atoms with Crippen molar-refractivity contribution in [1.82, 2.24) is 15.8 Å². The summed E-state index contributed by atoms with van der Waals surface area (Å²) in [6.45, 7) is 5.36. The molecule has 0 saturated heterocycles. The molecule has 1 unspecified atom stereocenters. The zero-order chi connectivity index (χ0) is 28.1. The first-order valence-corrected chi connectivity index (χ1v) is 11.1. The molecule has 38 heavy (non-hydrogen) atoms. The van der Waals surface area contributed by atoms with Crippen molar-refractivity contribution >= 4 is 18.0 Å². The predicted molar refractivity (Wildman–Crippen MR) is 129 cm³/mol. The van der Waals surface area contributed by atoms with Crippen LogP contribution in [0.3, 0.4) is 0 Å². The highest BCUT2D eigenvalue weighted by molar-refractivity contribution is 5.99. The number of aliphatic imine (C=N–C) groups is 1. The van der Waals surface area contributed by atoms with Crippen molar-refractivity contribution in [2.75, 3.05) is 14.2 Å². The Balaban J connectivity index is 1.61. The number of amides is 2. The van der Waals surface area contributed by atoms with E-state index in [1.54, 1.807) is 6.92 Å². The van der Waals surface area contributed by atoms with E-state index in [-0.39, 0.29) is 28.8 Å². The second-order valence-corrected chi connectivity index (χ2v) is 8.25. The van der Waals surface area contributed by atoms with Gasteiger partial charge in [0.1, 0.15) is 22.6 Å². The minimum atomic E-state index is -4.71. The molecule has 1 fully saturated rings. The van der Waals surface area contributed by atoms with Crippen LogP contribution in [0.15, 0.2) is 58.0 Å². The Labute approximate surface area is 215 Å². The number of ether oxygens (including phenoxy) is 3. The Kier molecular flexibility index (Phi) is 8.33. The van der Waals surface area contributed by atoms with Gasteiger partial charge in [-0.15, -0.1) is 0 Å². The number of rotatable bonds is 11. The molecule has 1 atom stereocenters. The molecule has 0 bridgehead atoms. The molecular weight excluding hydrogens is 511 g/mol. The minimum Gasteiger partial charge on any atom is -0.497 e. The van der Waals surface area contributed by atoms with Crippen LogP contribution in [-0.2, 0) is 11.0 Å². The molecule has 2 aromatic rings. The second-order valence-electron chi connectivity index (χ2n) is 8.25. The summed E-state index contributed by atoms with van der Waals surface area (Å²) in [6.07, 6.45) is -1.92. The smallest absolute Gasteiger partial charge is 0.420 e. The van der Waals surface area contributed by atoms with Gasteiger partial charge in [-0.3, -0.25) is 14.6 Å². The van der Waals surface area contributed by atoms with Crippen molar-refractivity contribution < 1.29 is 41.5 Å². The standard InChI is InChI=1S/C24H26F3N5O6/c1-13(29-12-16(11-28)37-18-6-5-15(35-3)9-17(18)24(25,26)27)14(2)30-22(34)23(7-8-23)31-21(33)19-10-20(36-4)32-38-19/h5-6,9-12,14H,1,7-8,28H2,2-4H3,(H,30,34)(H,31,33)/b16-11+,29-12-. The number of carbonyl (C=O) groups is 2. The van der Waals surface area contributed by atoms with Crippen LogP contribution in [0, 0.1) is 0 Å². The third-order valence-electron chi connectivity index (χ3n) is 5.55. The van der Waals surface area contributed by atoms with Gasteiger partial charge in [-0.25, -0.2) is 0 Å². The van der Waals surface area contributed by atoms with E-state index in [9.17, 15) is 22.8 Å². The molecule has 1 heterocycles. The van der Waals surface area contributed by atoms with Gasteiger partial charge < -0.3 is 35.1 Å². The molecule has 2 amide bonds. The summed E-state index contributed by atoms with van der Waals surface area (Å²) in [6, 6.07) is 3.77. The van der Waals surface area contributed by atoms with Crippen LogP contribution in [0.4, 0.5) is 13.2 Å². The molecule has 0 radical (unpaired) electrons. The SMILES string of the molecule is C=C(/N=C\C(=C/N)Oc1ccc(OC)cc1C(F)(F)F)C(C)NC(=O)C1(NC(=O)c2cc(OC)no2)CC1. The van der Waals surface area contributed by atoms with E-state index in [2.05, 4.69) is 27.4 Å². The van der Waals surface area contributed by atoms with Crippen molar-refractivity contribution in [3.05, 3.63) is 59.8 Å². The summed E-state index contributed by atoms with van der Waals surface area (Å²) < 4.78 is 60.2. The van der Waals surface area contributed by atoms with Gasteiger partial charge in [0.15, 0.2) is 5.76 Å². The van der Waals surface area contributed by atoms with Crippen molar-refractivity contribution in [1.29, 1.82) is 0 Å². The number of hydrogen-bond donors (Lipinski definition) is 3. The average Bonchev–Trinajstić information content (AvgIpc) is 3.50. The summed E-state index contributed by atoms with van der Waals surface area (Å²) >= 11 is 0. The van der Waals surface area contributed by atoms with Gasteiger partial charge >= 0.3 is 6.18 Å². The van der Waals surface area contributed by atoms with Crippen molar-refractivity contribution in [2.45, 2.75) is 37.5 Å². The lowest BCUT2D eigenvalue weighted by molar-refractivity contribution is -0.138. The number of nitrogens with one attached hydrogen (secondary N) is 2. The lowest BCUT2D eigenvalue weighted by atomic mass is 10.2. The maximum absolute atomic E-state index is 13.4. The van der Waals surface area contributed by atoms with Crippen molar-refractivity contribution in [2.24, 2.45) is 10.7 Å². The highest BCUT2D eigenvalue weighted by Gasteiger charge is 2.52. The van der Waals surface area contributed by atoms with E-state index in [0.29, 0.717) is 12.8 Å². The summed E-state index contributed by atoms with van der Waals surface area (Å²) in [5, 5.41) is 8.86. The Morgan fingerprint density at radius 2 is 1.97 bits per heavy atom. The summed E-state index contributed by atoms with van der Waals surface area (Å²) in [7, 11) is 2.61. The van der Waals surface area contributed by atoms with Crippen LogP contribution in [0.2, 0.25) is 0 Å². The molecular formula is C24H26F3N5O6. The number of allylic oxidation sites excluding steroid dienone is 1. The average molecular weight is 537 g/mol. The number of nitrogens with zero attached hydrogens (tertiary/aromatic N) is 2. The first-order valence-electron chi connectivity index (χ1n) is 11.1. The van der Waals surface area contributed by atoms with E-state index in [1.165, 1.54) is 26.4 Å². The third kappa shape index (κ3) is 6.63. The molecule has 1 aliphatic carbocycles. The Morgan fingerprint density at radius 3 is 2.53 bits per heavy atom. The van der Waals surface area contributed by atoms with Gasteiger partial charge in [-0.05, 0) is 43.1 Å². The molecule has 0 spiro atoms. The molecule has 204 valence electrons. The fourth-order valence-electron chi connectivity index (χ4n) is 3.13. The first-order chi connectivity index (χ1) is 17.9. The van der Waals surface area contributed by atoms with Crippen LogP contribution in [0.25, 0.3) is 0 Å². The summed E-state index contributed by atoms with van der Waals surface area (Å²) in [5.41, 5.74) is 3.45. The van der Waals surface area contributed by atoms with Crippen LogP contribution >= 0.6 is 0 Å². The van der Waals surface area contributed by atoms with E-state index in [0.717, 1.165) is 24.5 Å². The molecule has 4 N–H and O–H groups in total. The number of halogens is 3. The number of aromatic nitrogens is 1. The van der Waals surface area contributed by atoms with E-state index in [4.69, 9.17) is 24.5 Å². The largest absolute Gasteiger partial charge is 0.497 e. The Bertz CT molecular complexity index is 1270. The van der Waals surface area contributed by atoms with E-state index in [1.807, 2.05) is 0 Å². The highest BCUT2D eigenvalue weighted by Crippen LogP contribution is 2.39. The minimum absolute atomic E-state index is 0.000239. The van der Waals surface area contributed by atoms with Gasteiger partial charge in [-0.2, -0.15) is 13.2 Å². The van der Waals surface area contributed by atoms with E-state index < -0.39 is 40.9 Å². The molecule has 3 rings (SSSR count). The quantitative estimate of drug-likeness (QED) is 0.293. The molecule has 0 aliphatic heterocycles. The predicted octanol–water partition coefficient (Wildman–Crippen LogP) is 2.94. The molecule has 14 heteroatoms. The van der Waals surface area contributed by atoms with Crippen LogP contribution in [-0.4, -0.2) is 49.0 Å². The first kappa shape index (κ1) is 28.1. The molecule has 1 aromatic carbocycles. The zero-order valence-corrected chi connectivity index (χ0v) is 20.7. The van der Waals surface area contributed by atoms with Crippen LogP contribution < -0.4 is 30.6 Å². The molecule has 1 saturated carbocycles. The zero-order valence-electron chi connectivity index (χ0n) is 20.7. The van der Waals surface area contributed by atoms with Gasteiger partial charge in [0.25, 0.3) is 11.8 Å². The van der Waals surface area contributed by atoms with Crippen molar-refractivity contribution in [3.63, 3.8) is 0 Å². The fraction of sp³-hybridized carbons (Fsp3) is 0.333. The summed E-state index contributed by atoms with van der Waals surface area (Å²) in [5.74, 6) is -1.82. The number of hydrogen-bond acceptors (Lipinski definition) is 9. The molecule has 1 aliphatic rings. The lowest BCUT2D eigenvalue weighted by Crippen LogP contribution is -2.51. The number of methoxy groups -OCH3 is 2. The van der Waals surface area contributed by atoms with Gasteiger partial charge in [-0.1, -0.05) is 6.58 Å². The normalized spacial score (nSPS) is 15.5. The van der Waals surface area contributed by atoms with Gasteiger partial charge in [0.2, 0.25) is 11.7 Å². The van der Waals surface area contributed by atoms with Crippen molar-refractivity contribution in [3.8, 4) is 17.4 Å². The highest BCUT2D eigenvalue weighted by atomic mass is 19.4. The fourth-order valence-corrected chi connectivity index (χ4v) is 3.13. The monoisotopic (exact) mass is 537 g/mol. The Morgan fingerprint density at radius 1 is 1.26 bits per heavy atom. The van der Waals surface area contributed by atoms with Gasteiger partial charge in [0, 0.05) is 6.20 Å². The number of nitrogens with two attached hydrogens (primary N) is 1. The molecule has 11 nitrogen and oxygen atoms in total.